The van der Waals surface area contributed by atoms with Crippen molar-refractivity contribution >= 4 is 15.9 Å². The Labute approximate surface area is 244 Å². The summed E-state index contributed by atoms with van der Waals surface area (Å²) in [5.74, 6) is 0.330. The van der Waals surface area contributed by atoms with Gasteiger partial charge in [0.15, 0.2) is 0 Å². The predicted octanol–water partition coefficient (Wildman–Crippen LogP) is 5.74. The molecule has 0 radical (unpaired) electrons. The van der Waals surface area contributed by atoms with Crippen LogP contribution in [0.3, 0.4) is 0 Å². The molecule has 42 heavy (non-hydrogen) atoms. The van der Waals surface area contributed by atoms with Gasteiger partial charge in [0, 0.05) is 24.9 Å². The third kappa shape index (κ3) is 7.50. The molecule has 2 aliphatic heterocycles. The molecule has 0 aliphatic carbocycles. The molecule has 0 bridgehead atoms. The van der Waals surface area contributed by atoms with Gasteiger partial charge in [-0.1, -0.05) is 55.0 Å². The number of piperidine rings is 1. The molecule has 2 unspecified atom stereocenters. The van der Waals surface area contributed by atoms with Gasteiger partial charge in [0.05, 0.1) is 29.1 Å². The Bertz CT molecular complexity index is 1490. The second-order valence-corrected chi connectivity index (χ2v) is 12.5. The number of likely N-dealkylation sites (tertiary alicyclic amines) is 1. The van der Waals surface area contributed by atoms with Crippen LogP contribution in [0.1, 0.15) is 66.4 Å². The number of nitrogens with zero attached hydrogens (tertiary/aromatic N) is 1. The van der Waals surface area contributed by atoms with Crippen molar-refractivity contribution in [2.24, 2.45) is 0 Å². The molecule has 0 saturated carbocycles. The van der Waals surface area contributed by atoms with E-state index in [1.807, 2.05) is 12.1 Å². The van der Waals surface area contributed by atoms with Gasteiger partial charge in [-0.2, -0.15) is 13.2 Å². The minimum Gasteiger partial charge on any atom is -0.493 e. The number of nitrogens with one attached hydrogen (secondary N) is 2. The van der Waals surface area contributed by atoms with Crippen LogP contribution in [0.5, 0.6) is 5.75 Å². The van der Waals surface area contributed by atoms with Crippen LogP contribution in [-0.2, 0) is 27.5 Å². The highest BCUT2D eigenvalue weighted by Crippen LogP contribution is 2.34. The largest absolute Gasteiger partial charge is 0.493 e. The third-order valence-corrected chi connectivity index (χ3v) is 9.14. The van der Waals surface area contributed by atoms with Crippen LogP contribution in [-0.4, -0.2) is 38.9 Å². The van der Waals surface area contributed by atoms with E-state index in [2.05, 4.69) is 21.0 Å². The van der Waals surface area contributed by atoms with E-state index in [0.29, 0.717) is 24.7 Å². The molecular weight excluding hydrogens is 567 g/mol. The Morgan fingerprint density at radius 1 is 0.976 bits per heavy atom. The predicted molar refractivity (Wildman–Crippen MR) is 152 cm³/mol. The molecule has 1 saturated heterocycles. The molecule has 3 aromatic rings. The van der Waals surface area contributed by atoms with Gasteiger partial charge in [-0.05, 0) is 61.3 Å². The van der Waals surface area contributed by atoms with Crippen molar-refractivity contribution in [1.29, 1.82) is 0 Å². The number of carbonyl (C=O) groups excluding carboxylic acids is 1. The summed E-state index contributed by atoms with van der Waals surface area (Å²) in [6.45, 7) is 3.43. The second kappa shape index (κ2) is 12.8. The zero-order valence-electron chi connectivity index (χ0n) is 23.1. The fraction of sp³-hybridized carbons (Fsp3) is 0.387. The average molecular weight is 602 g/mol. The SMILES string of the molecule is O=C(CC(NS(=O)(=O)c1cccc(C(F)(F)F)c1)c1ccccc1)NC1CCOc2cc(CN3CCCCC3)ccc21. The number of hydrogen-bond donors (Lipinski definition) is 2. The van der Waals surface area contributed by atoms with Crippen molar-refractivity contribution in [3.05, 3.63) is 95.1 Å². The normalized spacial score (nSPS) is 18.5. The number of alkyl halides is 3. The van der Waals surface area contributed by atoms with Gasteiger partial charge in [0.1, 0.15) is 5.75 Å². The van der Waals surface area contributed by atoms with Gasteiger partial charge in [-0.3, -0.25) is 9.69 Å². The third-order valence-electron chi connectivity index (χ3n) is 7.67. The van der Waals surface area contributed by atoms with Gasteiger partial charge in [-0.15, -0.1) is 0 Å². The molecule has 224 valence electrons. The first-order chi connectivity index (χ1) is 20.1. The molecule has 2 aliphatic rings. The minimum absolute atomic E-state index is 0.248. The van der Waals surface area contributed by atoms with Crippen molar-refractivity contribution < 1.29 is 31.1 Å². The molecule has 2 N–H and O–H groups in total. The highest BCUT2D eigenvalue weighted by molar-refractivity contribution is 7.89. The number of sulfonamides is 1. The van der Waals surface area contributed by atoms with E-state index in [1.165, 1.54) is 19.3 Å². The molecule has 7 nitrogen and oxygen atoms in total. The Hall–Kier alpha value is -3.41. The number of hydrogen-bond acceptors (Lipinski definition) is 5. The lowest BCUT2D eigenvalue weighted by atomic mass is 9.97. The van der Waals surface area contributed by atoms with Crippen LogP contribution < -0.4 is 14.8 Å². The summed E-state index contributed by atoms with van der Waals surface area (Å²) in [5.41, 5.74) is 1.45. The lowest BCUT2D eigenvalue weighted by Gasteiger charge is -2.29. The molecule has 3 aromatic carbocycles. The maximum absolute atomic E-state index is 13.3. The summed E-state index contributed by atoms with van der Waals surface area (Å²) in [6, 6.07) is 16.8. The molecule has 5 rings (SSSR count). The molecule has 1 amide bonds. The lowest BCUT2D eigenvalue weighted by Crippen LogP contribution is -2.36. The van der Waals surface area contributed by atoms with Gasteiger partial charge >= 0.3 is 6.18 Å². The maximum Gasteiger partial charge on any atom is 0.416 e. The van der Waals surface area contributed by atoms with E-state index < -0.39 is 38.6 Å². The molecular formula is C31H34F3N3O4S. The highest BCUT2D eigenvalue weighted by atomic mass is 32.2. The average Bonchev–Trinajstić information content (AvgIpc) is 2.97. The summed E-state index contributed by atoms with van der Waals surface area (Å²) < 4.78 is 74.4. The summed E-state index contributed by atoms with van der Waals surface area (Å²) in [4.78, 5) is 15.2. The van der Waals surface area contributed by atoms with Crippen LogP contribution in [0.2, 0.25) is 0 Å². The number of halogens is 3. The maximum atomic E-state index is 13.3. The Balaban J connectivity index is 1.30. The van der Waals surface area contributed by atoms with Crippen LogP contribution in [0.15, 0.2) is 77.7 Å². The fourth-order valence-corrected chi connectivity index (χ4v) is 6.77. The standard InChI is InChI=1S/C31H34F3N3O4S/c32-31(33,34)24-10-7-11-25(19-24)42(39,40)36-28(23-8-3-1-4-9-23)20-30(38)35-27-14-17-41-29-18-22(12-13-26(27)29)21-37-15-5-2-6-16-37/h1,3-4,7-13,18-19,27-28,36H,2,5-6,14-17,20-21H2,(H,35,38). The number of benzene rings is 3. The summed E-state index contributed by atoms with van der Waals surface area (Å²) in [7, 11) is -4.39. The van der Waals surface area contributed by atoms with Crippen molar-refractivity contribution in [3.63, 3.8) is 0 Å². The first kappa shape index (κ1) is 30.1. The second-order valence-electron chi connectivity index (χ2n) is 10.8. The topological polar surface area (TPSA) is 87.7 Å². The van der Waals surface area contributed by atoms with E-state index in [1.54, 1.807) is 30.3 Å². The fourth-order valence-electron chi connectivity index (χ4n) is 5.50. The van der Waals surface area contributed by atoms with E-state index in [4.69, 9.17) is 4.74 Å². The number of fused-ring (bicyclic) bond motifs is 1. The molecule has 1 fully saturated rings. The van der Waals surface area contributed by atoms with Gasteiger partial charge in [0.25, 0.3) is 0 Å². The van der Waals surface area contributed by atoms with Crippen LogP contribution in [0, 0.1) is 0 Å². The Morgan fingerprint density at radius 3 is 2.48 bits per heavy atom. The molecule has 0 spiro atoms. The van der Waals surface area contributed by atoms with Crippen molar-refractivity contribution in [2.45, 2.75) is 61.8 Å². The van der Waals surface area contributed by atoms with Crippen LogP contribution in [0.4, 0.5) is 13.2 Å². The monoisotopic (exact) mass is 601 g/mol. The van der Waals surface area contributed by atoms with E-state index in [9.17, 15) is 26.4 Å². The van der Waals surface area contributed by atoms with Crippen LogP contribution >= 0.6 is 0 Å². The van der Waals surface area contributed by atoms with Gasteiger partial charge in [0.2, 0.25) is 15.9 Å². The molecule has 11 heteroatoms. The van der Waals surface area contributed by atoms with E-state index >= 15 is 0 Å². The van der Waals surface area contributed by atoms with Crippen molar-refractivity contribution in [3.8, 4) is 5.75 Å². The van der Waals surface area contributed by atoms with Crippen molar-refractivity contribution in [2.75, 3.05) is 19.7 Å². The van der Waals surface area contributed by atoms with E-state index in [0.717, 1.165) is 54.7 Å². The first-order valence-corrected chi connectivity index (χ1v) is 15.6. The summed E-state index contributed by atoms with van der Waals surface area (Å²) in [6.07, 6.45) is -0.717. The smallest absolute Gasteiger partial charge is 0.416 e. The lowest BCUT2D eigenvalue weighted by molar-refractivity contribution is -0.137. The van der Waals surface area contributed by atoms with Crippen LogP contribution in [0.25, 0.3) is 0 Å². The van der Waals surface area contributed by atoms with Gasteiger partial charge in [-0.25, -0.2) is 13.1 Å². The van der Waals surface area contributed by atoms with Crippen molar-refractivity contribution in [1.82, 2.24) is 14.9 Å². The zero-order chi connectivity index (χ0) is 29.7. The minimum atomic E-state index is -4.70. The molecule has 2 atom stereocenters. The van der Waals surface area contributed by atoms with E-state index in [-0.39, 0.29) is 12.5 Å². The molecule has 2 heterocycles. The Morgan fingerprint density at radius 2 is 1.74 bits per heavy atom. The summed E-state index contributed by atoms with van der Waals surface area (Å²) >= 11 is 0. The number of ether oxygens (including phenoxy) is 1. The quantitative estimate of drug-likeness (QED) is 0.327. The summed E-state index contributed by atoms with van der Waals surface area (Å²) in [5, 5.41) is 3.02. The van der Waals surface area contributed by atoms with Gasteiger partial charge < -0.3 is 10.1 Å². The number of amides is 1. The number of rotatable bonds is 9. The zero-order valence-corrected chi connectivity index (χ0v) is 23.9. The Kier molecular flexibility index (Phi) is 9.19. The first-order valence-electron chi connectivity index (χ1n) is 14.1. The number of carbonyl (C=O) groups is 1. The highest BCUT2D eigenvalue weighted by Gasteiger charge is 2.33. The molecule has 0 aromatic heterocycles.